The fourth-order valence-corrected chi connectivity index (χ4v) is 2.51. The van der Waals surface area contributed by atoms with Crippen molar-refractivity contribution >= 4 is 23.6 Å². The molecule has 4 amide bonds. The SMILES string of the molecule is O=C(CN1C(=O)C(=O)N(Cc2ccccc2)C1=O)c1cccc(O)c1. The molecule has 1 heterocycles. The number of phenols is 1. The van der Waals surface area contributed by atoms with Crippen LogP contribution >= 0.6 is 0 Å². The Balaban J connectivity index is 1.76. The Labute approximate surface area is 143 Å². The highest BCUT2D eigenvalue weighted by atomic mass is 16.3. The van der Waals surface area contributed by atoms with Gasteiger partial charge in [-0.15, -0.1) is 0 Å². The van der Waals surface area contributed by atoms with Crippen LogP contribution in [-0.2, 0) is 16.1 Å². The summed E-state index contributed by atoms with van der Waals surface area (Å²) in [4.78, 5) is 50.2. The molecule has 25 heavy (non-hydrogen) atoms. The molecule has 0 aromatic heterocycles. The van der Waals surface area contributed by atoms with E-state index in [0.717, 1.165) is 4.90 Å². The second kappa shape index (κ2) is 6.56. The van der Waals surface area contributed by atoms with E-state index < -0.39 is 30.2 Å². The molecule has 0 bridgehead atoms. The normalized spacial score (nSPS) is 14.3. The third kappa shape index (κ3) is 3.25. The van der Waals surface area contributed by atoms with Crippen LogP contribution in [0.2, 0.25) is 0 Å². The average molecular weight is 338 g/mol. The standard InChI is InChI=1S/C18H14N2O5/c21-14-8-4-7-13(9-14)15(22)11-20-17(24)16(23)19(18(20)25)10-12-5-2-1-3-6-12/h1-9,21H,10-11H2. The number of Topliss-reactive ketones (excluding diaryl/α,β-unsaturated/α-hetero) is 1. The zero-order valence-corrected chi connectivity index (χ0v) is 13.1. The van der Waals surface area contributed by atoms with Gasteiger partial charge in [0.05, 0.1) is 13.1 Å². The number of hydrogen-bond acceptors (Lipinski definition) is 5. The molecule has 0 radical (unpaired) electrons. The lowest BCUT2D eigenvalue weighted by atomic mass is 10.1. The predicted octanol–water partition coefficient (Wildman–Crippen LogP) is 1.57. The number of ketones is 1. The highest BCUT2D eigenvalue weighted by Gasteiger charge is 2.45. The smallest absolute Gasteiger partial charge is 0.334 e. The van der Waals surface area contributed by atoms with Gasteiger partial charge in [-0.05, 0) is 17.7 Å². The van der Waals surface area contributed by atoms with Gasteiger partial charge in [-0.3, -0.25) is 19.3 Å². The molecule has 0 saturated carbocycles. The van der Waals surface area contributed by atoms with E-state index in [0.29, 0.717) is 10.5 Å². The zero-order chi connectivity index (χ0) is 18.0. The fourth-order valence-electron chi connectivity index (χ4n) is 2.51. The van der Waals surface area contributed by atoms with Crippen LogP contribution in [-0.4, -0.2) is 45.1 Å². The highest BCUT2D eigenvalue weighted by Crippen LogP contribution is 2.18. The second-order valence-corrected chi connectivity index (χ2v) is 5.52. The third-order valence-corrected chi connectivity index (χ3v) is 3.79. The summed E-state index contributed by atoms with van der Waals surface area (Å²) in [5.41, 5.74) is 0.840. The van der Waals surface area contributed by atoms with Crippen LogP contribution in [0.4, 0.5) is 4.79 Å². The van der Waals surface area contributed by atoms with Crippen LogP contribution < -0.4 is 0 Å². The number of amides is 4. The van der Waals surface area contributed by atoms with E-state index in [1.165, 1.54) is 24.3 Å². The van der Waals surface area contributed by atoms with Crippen LogP contribution in [0.25, 0.3) is 0 Å². The lowest BCUT2D eigenvalue weighted by Crippen LogP contribution is -2.36. The van der Waals surface area contributed by atoms with Gasteiger partial charge in [0.2, 0.25) is 0 Å². The van der Waals surface area contributed by atoms with Crippen molar-refractivity contribution in [2.45, 2.75) is 6.54 Å². The Morgan fingerprint density at radius 3 is 2.24 bits per heavy atom. The summed E-state index contributed by atoms with van der Waals surface area (Å²) in [6.45, 7) is -0.598. The topological polar surface area (TPSA) is 95.0 Å². The third-order valence-electron chi connectivity index (χ3n) is 3.79. The number of phenolic OH excluding ortho intramolecular Hbond substituents is 1. The predicted molar refractivity (Wildman–Crippen MR) is 86.5 cm³/mol. The Kier molecular flexibility index (Phi) is 4.30. The van der Waals surface area contributed by atoms with E-state index in [4.69, 9.17) is 0 Å². The highest BCUT2D eigenvalue weighted by molar-refractivity contribution is 6.45. The Morgan fingerprint density at radius 2 is 1.56 bits per heavy atom. The van der Waals surface area contributed by atoms with Gasteiger partial charge in [0.25, 0.3) is 0 Å². The van der Waals surface area contributed by atoms with Crippen molar-refractivity contribution in [1.82, 2.24) is 9.80 Å². The van der Waals surface area contributed by atoms with Gasteiger partial charge in [-0.1, -0.05) is 42.5 Å². The van der Waals surface area contributed by atoms with E-state index in [1.807, 2.05) is 0 Å². The lowest BCUT2D eigenvalue weighted by Gasteiger charge is -2.15. The van der Waals surface area contributed by atoms with E-state index >= 15 is 0 Å². The van der Waals surface area contributed by atoms with Gasteiger partial charge in [0, 0.05) is 5.56 Å². The molecule has 2 aromatic rings. The lowest BCUT2D eigenvalue weighted by molar-refractivity contribution is -0.143. The van der Waals surface area contributed by atoms with Crippen molar-refractivity contribution in [3.05, 3.63) is 65.7 Å². The number of benzene rings is 2. The number of imide groups is 2. The number of urea groups is 1. The summed E-state index contributed by atoms with van der Waals surface area (Å²) in [6.07, 6.45) is 0. The molecule has 7 heteroatoms. The fraction of sp³-hybridized carbons (Fsp3) is 0.111. The van der Waals surface area contributed by atoms with Gasteiger partial charge in [-0.2, -0.15) is 0 Å². The molecule has 0 aliphatic carbocycles. The number of rotatable bonds is 5. The first-order valence-electron chi connectivity index (χ1n) is 7.51. The summed E-state index contributed by atoms with van der Waals surface area (Å²) >= 11 is 0. The van der Waals surface area contributed by atoms with Gasteiger partial charge in [0.1, 0.15) is 5.75 Å². The molecular weight excluding hydrogens is 324 g/mol. The van der Waals surface area contributed by atoms with Gasteiger partial charge in [0.15, 0.2) is 5.78 Å². The number of carbonyl (C=O) groups is 4. The van der Waals surface area contributed by atoms with Crippen molar-refractivity contribution in [2.24, 2.45) is 0 Å². The number of hydrogen-bond donors (Lipinski definition) is 1. The summed E-state index contributed by atoms with van der Waals surface area (Å²) in [5.74, 6) is -2.65. The molecule has 2 aromatic carbocycles. The Hall–Kier alpha value is -3.48. The van der Waals surface area contributed by atoms with Gasteiger partial charge in [-0.25, -0.2) is 9.69 Å². The molecule has 1 fully saturated rings. The van der Waals surface area contributed by atoms with Gasteiger partial charge < -0.3 is 5.11 Å². The van der Waals surface area contributed by atoms with Crippen molar-refractivity contribution in [2.75, 3.05) is 6.54 Å². The molecule has 1 N–H and O–H groups in total. The molecule has 7 nitrogen and oxygen atoms in total. The maximum absolute atomic E-state index is 12.4. The monoisotopic (exact) mass is 338 g/mol. The molecule has 1 aliphatic rings. The van der Waals surface area contributed by atoms with Gasteiger partial charge >= 0.3 is 17.8 Å². The minimum Gasteiger partial charge on any atom is -0.508 e. The largest absolute Gasteiger partial charge is 0.508 e. The maximum Gasteiger partial charge on any atom is 0.334 e. The summed E-state index contributed by atoms with van der Waals surface area (Å²) in [6, 6.07) is 13.5. The Bertz CT molecular complexity index is 863. The summed E-state index contributed by atoms with van der Waals surface area (Å²) in [7, 11) is 0. The van der Waals surface area contributed by atoms with E-state index in [2.05, 4.69) is 0 Å². The molecule has 0 spiro atoms. The van der Waals surface area contributed by atoms with Crippen LogP contribution in [0.3, 0.4) is 0 Å². The number of aromatic hydroxyl groups is 1. The van der Waals surface area contributed by atoms with E-state index in [1.54, 1.807) is 30.3 Å². The first-order chi connectivity index (χ1) is 12.0. The molecule has 1 aliphatic heterocycles. The molecule has 0 atom stereocenters. The van der Waals surface area contributed by atoms with Crippen LogP contribution in [0.15, 0.2) is 54.6 Å². The molecular formula is C18H14N2O5. The quantitative estimate of drug-likeness (QED) is 0.507. The van der Waals surface area contributed by atoms with Crippen LogP contribution in [0.1, 0.15) is 15.9 Å². The number of carbonyl (C=O) groups excluding carboxylic acids is 4. The Morgan fingerprint density at radius 1 is 0.880 bits per heavy atom. The summed E-state index contributed by atoms with van der Waals surface area (Å²) < 4.78 is 0. The first-order valence-corrected chi connectivity index (χ1v) is 7.51. The van der Waals surface area contributed by atoms with E-state index in [9.17, 15) is 24.3 Å². The molecule has 3 rings (SSSR count). The van der Waals surface area contributed by atoms with Crippen molar-refractivity contribution in [3.63, 3.8) is 0 Å². The van der Waals surface area contributed by atoms with Crippen LogP contribution in [0.5, 0.6) is 5.75 Å². The maximum atomic E-state index is 12.4. The van der Waals surface area contributed by atoms with E-state index in [-0.39, 0.29) is 17.9 Å². The second-order valence-electron chi connectivity index (χ2n) is 5.52. The summed E-state index contributed by atoms with van der Waals surface area (Å²) in [5, 5.41) is 9.41. The minimum absolute atomic E-state index is 0.0406. The molecule has 0 unspecified atom stereocenters. The number of nitrogens with zero attached hydrogens (tertiary/aromatic N) is 2. The van der Waals surface area contributed by atoms with Crippen molar-refractivity contribution in [3.8, 4) is 5.75 Å². The molecule has 126 valence electrons. The average Bonchev–Trinajstić information content (AvgIpc) is 2.80. The molecule has 1 saturated heterocycles. The first kappa shape index (κ1) is 16.4. The zero-order valence-electron chi connectivity index (χ0n) is 13.1. The van der Waals surface area contributed by atoms with Crippen molar-refractivity contribution < 1.29 is 24.3 Å². The minimum atomic E-state index is -1.03. The van der Waals surface area contributed by atoms with Crippen LogP contribution in [0, 0.1) is 0 Å². The van der Waals surface area contributed by atoms with Crippen molar-refractivity contribution in [1.29, 1.82) is 0 Å².